The number of rotatable bonds is 3. The van der Waals surface area contributed by atoms with E-state index in [1.165, 1.54) is 6.08 Å². The fraction of sp³-hybridized carbons (Fsp3) is 0.100. The van der Waals surface area contributed by atoms with Crippen molar-refractivity contribution in [3.8, 4) is 0 Å². The van der Waals surface area contributed by atoms with E-state index in [1.54, 1.807) is 0 Å². The maximum absolute atomic E-state index is 13.3. The van der Waals surface area contributed by atoms with Crippen LogP contribution >= 0.6 is 15.9 Å². The second kappa shape index (κ2) is 5.60. The highest BCUT2D eigenvalue weighted by molar-refractivity contribution is 9.10. The van der Waals surface area contributed by atoms with Crippen LogP contribution in [0.15, 0.2) is 29.3 Å². The average molecular weight is 291 g/mol. The topological polar surface area (TPSA) is 41.1 Å². The summed E-state index contributed by atoms with van der Waals surface area (Å²) in [6.45, 7) is 3.67. The van der Waals surface area contributed by atoms with Crippen LogP contribution in [0.2, 0.25) is 0 Å². The van der Waals surface area contributed by atoms with Crippen molar-refractivity contribution in [3.63, 3.8) is 0 Å². The van der Waals surface area contributed by atoms with E-state index in [0.29, 0.717) is 6.07 Å². The Labute approximate surface area is 99.7 Å². The molecule has 1 rings (SSSR count). The zero-order valence-electron chi connectivity index (χ0n) is 8.19. The first kappa shape index (κ1) is 12.6. The molecule has 0 heterocycles. The Bertz CT molecular complexity index is 400. The maximum Gasteiger partial charge on any atom is 0.319 e. The Balaban J connectivity index is 2.81. The highest BCUT2D eigenvalue weighted by atomic mass is 79.9. The molecule has 0 atom stereocenters. The Hall–Kier alpha value is -1.43. The number of carbonyl (C=O) groups excluding carboxylic acids is 1. The third kappa shape index (κ3) is 3.30. The van der Waals surface area contributed by atoms with Gasteiger partial charge in [0.05, 0.1) is 5.69 Å². The molecule has 3 nitrogen and oxygen atoms in total. The lowest BCUT2D eigenvalue weighted by Gasteiger charge is -2.09. The Morgan fingerprint density at radius 2 is 2.19 bits per heavy atom. The molecule has 0 aliphatic heterocycles. The van der Waals surface area contributed by atoms with Crippen LogP contribution in [0.25, 0.3) is 0 Å². The summed E-state index contributed by atoms with van der Waals surface area (Å²) >= 11 is 2.95. The summed E-state index contributed by atoms with van der Waals surface area (Å²) in [7, 11) is 0. The van der Waals surface area contributed by atoms with Gasteiger partial charge < -0.3 is 10.6 Å². The first-order valence-corrected chi connectivity index (χ1v) is 5.14. The third-order valence-electron chi connectivity index (χ3n) is 1.65. The van der Waals surface area contributed by atoms with Crippen molar-refractivity contribution in [2.45, 2.75) is 0 Å². The molecule has 86 valence electrons. The lowest BCUT2D eigenvalue weighted by Crippen LogP contribution is -2.29. The summed E-state index contributed by atoms with van der Waals surface area (Å²) in [5.74, 6) is -1.57. The first-order chi connectivity index (χ1) is 7.54. The summed E-state index contributed by atoms with van der Waals surface area (Å²) in [6.07, 6.45) is 1.48. The molecule has 0 aliphatic rings. The minimum Gasteiger partial charge on any atom is -0.334 e. The van der Waals surface area contributed by atoms with E-state index in [9.17, 15) is 13.6 Å². The fourth-order valence-corrected chi connectivity index (χ4v) is 1.49. The molecule has 0 bridgehead atoms. The standard InChI is InChI=1S/C10H9BrF2N2O/c1-2-3-14-10(16)15-9-7(11)4-6(12)5-8(9)13/h2,4-5H,1,3H2,(H2,14,15,16). The van der Waals surface area contributed by atoms with Gasteiger partial charge in [-0.05, 0) is 22.0 Å². The molecule has 0 unspecified atom stereocenters. The molecule has 0 saturated heterocycles. The number of benzene rings is 1. The smallest absolute Gasteiger partial charge is 0.319 e. The molecule has 0 spiro atoms. The van der Waals surface area contributed by atoms with E-state index < -0.39 is 17.7 Å². The van der Waals surface area contributed by atoms with Crippen molar-refractivity contribution in [3.05, 3.63) is 40.9 Å². The molecule has 16 heavy (non-hydrogen) atoms. The van der Waals surface area contributed by atoms with Crippen molar-refractivity contribution in [1.82, 2.24) is 5.32 Å². The quantitative estimate of drug-likeness (QED) is 0.826. The van der Waals surface area contributed by atoms with Crippen LogP contribution in [0, 0.1) is 11.6 Å². The molecular formula is C10H9BrF2N2O. The van der Waals surface area contributed by atoms with Gasteiger partial charge in [-0.25, -0.2) is 13.6 Å². The van der Waals surface area contributed by atoms with Gasteiger partial charge in [0.2, 0.25) is 0 Å². The SMILES string of the molecule is C=CCNC(=O)Nc1c(F)cc(F)cc1Br. The van der Waals surface area contributed by atoms with Gasteiger partial charge in [-0.2, -0.15) is 0 Å². The zero-order valence-corrected chi connectivity index (χ0v) is 9.77. The lowest BCUT2D eigenvalue weighted by molar-refractivity contribution is 0.253. The zero-order chi connectivity index (χ0) is 12.1. The molecule has 0 fully saturated rings. The Morgan fingerprint density at radius 3 is 2.75 bits per heavy atom. The molecule has 2 amide bonds. The largest absolute Gasteiger partial charge is 0.334 e. The summed E-state index contributed by atoms with van der Waals surface area (Å²) in [4.78, 5) is 11.2. The highest BCUT2D eigenvalue weighted by Gasteiger charge is 2.11. The van der Waals surface area contributed by atoms with Crippen LogP contribution in [0.4, 0.5) is 19.3 Å². The highest BCUT2D eigenvalue weighted by Crippen LogP contribution is 2.26. The summed E-state index contributed by atoms with van der Waals surface area (Å²) in [6, 6.07) is 1.16. The lowest BCUT2D eigenvalue weighted by atomic mass is 10.3. The van der Waals surface area contributed by atoms with Crippen LogP contribution < -0.4 is 10.6 Å². The monoisotopic (exact) mass is 290 g/mol. The van der Waals surface area contributed by atoms with E-state index in [2.05, 4.69) is 33.1 Å². The van der Waals surface area contributed by atoms with Crippen molar-refractivity contribution < 1.29 is 13.6 Å². The maximum atomic E-state index is 13.3. The second-order valence-electron chi connectivity index (χ2n) is 2.87. The van der Waals surface area contributed by atoms with Crippen molar-refractivity contribution >= 4 is 27.6 Å². The number of halogens is 3. The average Bonchev–Trinajstić information content (AvgIpc) is 2.20. The van der Waals surface area contributed by atoms with Crippen molar-refractivity contribution in [2.24, 2.45) is 0 Å². The van der Waals surface area contributed by atoms with Gasteiger partial charge in [-0.1, -0.05) is 6.08 Å². The second-order valence-corrected chi connectivity index (χ2v) is 3.72. The number of nitrogens with one attached hydrogen (secondary N) is 2. The molecule has 2 N–H and O–H groups in total. The van der Waals surface area contributed by atoms with Gasteiger partial charge in [-0.15, -0.1) is 6.58 Å². The molecular weight excluding hydrogens is 282 g/mol. The Morgan fingerprint density at radius 1 is 1.50 bits per heavy atom. The molecule has 0 aromatic heterocycles. The molecule has 0 radical (unpaired) electrons. The van der Waals surface area contributed by atoms with Crippen molar-refractivity contribution in [2.75, 3.05) is 11.9 Å². The van der Waals surface area contributed by atoms with Gasteiger partial charge in [0, 0.05) is 17.1 Å². The van der Waals surface area contributed by atoms with E-state index in [0.717, 1.165) is 6.07 Å². The van der Waals surface area contributed by atoms with Gasteiger partial charge in [0.15, 0.2) is 5.82 Å². The minimum absolute atomic E-state index is 0.108. The summed E-state index contributed by atoms with van der Waals surface area (Å²) in [5.41, 5.74) is -0.108. The number of anilines is 1. The molecule has 6 heteroatoms. The third-order valence-corrected chi connectivity index (χ3v) is 2.28. The van der Waals surface area contributed by atoms with Crippen LogP contribution in [0.5, 0.6) is 0 Å². The Kier molecular flexibility index (Phi) is 4.42. The predicted octanol–water partition coefficient (Wildman–Crippen LogP) is 3.03. The van der Waals surface area contributed by atoms with Crippen LogP contribution in [-0.4, -0.2) is 12.6 Å². The summed E-state index contributed by atoms with van der Waals surface area (Å²) in [5, 5.41) is 4.65. The number of hydrogen-bond donors (Lipinski definition) is 2. The van der Waals surface area contributed by atoms with Gasteiger partial charge in [0.25, 0.3) is 0 Å². The number of carbonyl (C=O) groups is 1. The van der Waals surface area contributed by atoms with E-state index in [-0.39, 0.29) is 16.7 Å². The van der Waals surface area contributed by atoms with E-state index in [1.807, 2.05) is 0 Å². The number of amides is 2. The number of urea groups is 1. The van der Waals surface area contributed by atoms with E-state index >= 15 is 0 Å². The van der Waals surface area contributed by atoms with Crippen molar-refractivity contribution in [1.29, 1.82) is 0 Å². The normalized spacial score (nSPS) is 9.69. The fourth-order valence-electron chi connectivity index (χ4n) is 0.984. The first-order valence-electron chi connectivity index (χ1n) is 4.35. The van der Waals surface area contributed by atoms with Crippen LogP contribution in [-0.2, 0) is 0 Å². The molecule has 1 aromatic carbocycles. The molecule has 0 saturated carbocycles. The van der Waals surface area contributed by atoms with Crippen LogP contribution in [0.3, 0.4) is 0 Å². The molecule has 0 aliphatic carbocycles. The predicted molar refractivity (Wildman–Crippen MR) is 61.3 cm³/mol. The van der Waals surface area contributed by atoms with Gasteiger partial charge in [0.1, 0.15) is 5.82 Å². The minimum atomic E-state index is -0.847. The van der Waals surface area contributed by atoms with Crippen LogP contribution in [0.1, 0.15) is 0 Å². The molecule has 1 aromatic rings. The number of hydrogen-bond acceptors (Lipinski definition) is 1. The summed E-state index contributed by atoms with van der Waals surface area (Å²) < 4.78 is 26.1. The van der Waals surface area contributed by atoms with Gasteiger partial charge in [-0.3, -0.25) is 0 Å². The van der Waals surface area contributed by atoms with E-state index in [4.69, 9.17) is 0 Å². The van der Waals surface area contributed by atoms with Gasteiger partial charge >= 0.3 is 6.03 Å².